The second-order valence-electron chi connectivity index (χ2n) is 2.64. The third-order valence-electron chi connectivity index (χ3n) is 1.42. The molecule has 0 fully saturated rings. The molecule has 0 amide bonds. The minimum atomic E-state index is 0.781. The quantitative estimate of drug-likeness (QED) is 0.727. The molecule has 60 valence electrons. The van der Waals surface area contributed by atoms with Crippen molar-refractivity contribution in [1.29, 1.82) is 0 Å². The van der Waals surface area contributed by atoms with Crippen LogP contribution in [0.4, 0.5) is 11.4 Å². The van der Waals surface area contributed by atoms with Crippen LogP contribution in [0.5, 0.6) is 0 Å². The molecule has 0 radical (unpaired) electrons. The summed E-state index contributed by atoms with van der Waals surface area (Å²) in [5, 5.41) is 0. The Morgan fingerprint density at radius 2 is 1.91 bits per heavy atom. The van der Waals surface area contributed by atoms with E-state index in [1.165, 1.54) is 0 Å². The fraction of sp³-hybridized carbons (Fsp3) is 0.250. The predicted molar refractivity (Wildman–Crippen MR) is 52.9 cm³/mol. The van der Waals surface area contributed by atoms with Gasteiger partial charge < -0.3 is 10.6 Å². The molecule has 0 saturated heterocycles. The van der Waals surface area contributed by atoms with E-state index < -0.39 is 0 Å². The minimum Gasteiger partial charge on any atom is -0.399 e. The van der Waals surface area contributed by atoms with Crippen molar-refractivity contribution in [2.45, 2.75) is 0 Å². The molecule has 0 saturated carbocycles. The lowest BCUT2D eigenvalue weighted by atomic mass is 10.3. The topological polar surface area (TPSA) is 29.3 Å². The first-order valence-corrected chi connectivity index (χ1v) is 4.12. The van der Waals surface area contributed by atoms with E-state index in [2.05, 4.69) is 15.9 Å². The van der Waals surface area contributed by atoms with Gasteiger partial charge in [-0.05, 0) is 18.2 Å². The molecule has 1 aromatic carbocycles. The van der Waals surface area contributed by atoms with Crippen molar-refractivity contribution in [3.05, 3.63) is 22.7 Å². The lowest BCUT2D eigenvalue weighted by Gasteiger charge is -2.12. The van der Waals surface area contributed by atoms with Gasteiger partial charge in [0, 0.05) is 29.9 Å². The number of nitrogen functional groups attached to an aromatic ring is 1. The molecule has 0 bridgehead atoms. The van der Waals surface area contributed by atoms with Crippen LogP contribution in [-0.2, 0) is 0 Å². The molecule has 3 heteroatoms. The normalized spacial score (nSPS) is 9.73. The molecular weight excluding hydrogens is 204 g/mol. The summed E-state index contributed by atoms with van der Waals surface area (Å²) in [6.07, 6.45) is 0. The largest absolute Gasteiger partial charge is 0.399 e. The Hall–Kier alpha value is -0.700. The Balaban J connectivity index is 3.08. The second kappa shape index (κ2) is 3.13. The van der Waals surface area contributed by atoms with Gasteiger partial charge in [-0.2, -0.15) is 0 Å². The Labute approximate surface area is 75.1 Å². The Bertz CT molecular complexity index is 238. The minimum absolute atomic E-state index is 0.781. The molecule has 11 heavy (non-hydrogen) atoms. The summed E-state index contributed by atoms with van der Waals surface area (Å²) in [5.74, 6) is 0. The SMILES string of the molecule is CN(C)c1cc(N)cc(Br)c1. The molecule has 0 aliphatic carbocycles. The summed E-state index contributed by atoms with van der Waals surface area (Å²) in [4.78, 5) is 2.02. The summed E-state index contributed by atoms with van der Waals surface area (Å²) >= 11 is 3.37. The van der Waals surface area contributed by atoms with E-state index in [1.54, 1.807) is 0 Å². The van der Waals surface area contributed by atoms with Crippen LogP contribution >= 0.6 is 15.9 Å². The lowest BCUT2D eigenvalue weighted by molar-refractivity contribution is 1.13. The fourth-order valence-corrected chi connectivity index (χ4v) is 1.35. The molecule has 0 heterocycles. The van der Waals surface area contributed by atoms with Crippen LogP contribution < -0.4 is 10.6 Å². The number of anilines is 2. The van der Waals surface area contributed by atoms with Crippen molar-refractivity contribution in [3.8, 4) is 0 Å². The molecule has 0 aliphatic rings. The number of rotatable bonds is 1. The number of nitrogens with two attached hydrogens (primary N) is 1. The first-order chi connectivity index (χ1) is 5.09. The lowest BCUT2D eigenvalue weighted by Crippen LogP contribution is -2.08. The van der Waals surface area contributed by atoms with Gasteiger partial charge in [0.15, 0.2) is 0 Å². The Morgan fingerprint density at radius 1 is 1.27 bits per heavy atom. The van der Waals surface area contributed by atoms with Gasteiger partial charge in [0.1, 0.15) is 0 Å². The van der Waals surface area contributed by atoms with E-state index in [1.807, 2.05) is 37.2 Å². The van der Waals surface area contributed by atoms with Crippen molar-refractivity contribution < 1.29 is 0 Å². The van der Waals surface area contributed by atoms with Crippen LogP contribution in [0.25, 0.3) is 0 Å². The average Bonchev–Trinajstić information content (AvgIpc) is 1.85. The standard InChI is InChI=1S/C8H11BrN2/c1-11(2)8-4-6(9)3-7(10)5-8/h3-5H,10H2,1-2H3. The van der Waals surface area contributed by atoms with Gasteiger partial charge in [-0.25, -0.2) is 0 Å². The summed E-state index contributed by atoms with van der Waals surface area (Å²) < 4.78 is 1.02. The maximum Gasteiger partial charge on any atom is 0.0392 e. The highest BCUT2D eigenvalue weighted by Crippen LogP contribution is 2.22. The molecule has 0 aromatic heterocycles. The van der Waals surface area contributed by atoms with E-state index in [4.69, 9.17) is 5.73 Å². The highest BCUT2D eigenvalue weighted by atomic mass is 79.9. The van der Waals surface area contributed by atoms with Crippen molar-refractivity contribution in [2.75, 3.05) is 24.7 Å². The first-order valence-electron chi connectivity index (χ1n) is 3.33. The van der Waals surface area contributed by atoms with Gasteiger partial charge in [-0.3, -0.25) is 0 Å². The molecule has 0 unspecified atom stereocenters. The monoisotopic (exact) mass is 214 g/mol. The number of hydrogen-bond donors (Lipinski definition) is 1. The van der Waals surface area contributed by atoms with E-state index in [-0.39, 0.29) is 0 Å². The number of hydrogen-bond acceptors (Lipinski definition) is 2. The first kappa shape index (κ1) is 8.40. The van der Waals surface area contributed by atoms with Crippen molar-refractivity contribution in [2.24, 2.45) is 0 Å². The van der Waals surface area contributed by atoms with Crippen molar-refractivity contribution in [1.82, 2.24) is 0 Å². The van der Waals surface area contributed by atoms with Crippen molar-refractivity contribution >= 4 is 27.3 Å². The zero-order chi connectivity index (χ0) is 8.43. The van der Waals surface area contributed by atoms with E-state index in [9.17, 15) is 0 Å². The summed E-state index contributed by atoms with van der Waals surface area (Å²) in [7, 11) is 3.97. The van der Waals surface area contributed by atoms with Gasteiger partial charge in [0.05, 0.1) is 0 Å². The zero-order valence-electron chi connectivity index (χ0n) is 6.63. The Kier molecular flexibility index (Phi) is 2.39. The van der Waals surface area contributed by atoms with Gasteiger partial charge in [0.25, 0.3) is 0 Å². The molecule has 1 aromatic rings. The smallest absolute Gasteiger partial charge is 0.0392 e. The highest BCUT2D eigenvalue weighted by molar-refractivity contribution is 9.10. The van der Waals surface area contributed by atoms with Gasteiger partial charge in [-0.1, -0.05) is 15.9 Å². The Morgan fingerprint density at radius 3 is 2.36 bits per heavy atom. The van der Waals surface area contributed by atoms with E-state index >= 15 is 0 Å². The predicted octanol–water partition coefficient (Wildman–Crippen LogP) is 2.10. The van der Waals surface area contributed by atoms with Crippen molar-refractivity contribution in [3.63, 3.8) is 0 Å². The maximum absolute atomic E-state index is 5.64. The highest BCUT2D eigenvalue weighted by Gasteiger charge is 1.97. The van der Waals surface area contributed by atoms with Crippen LogP contribution in [0, 0.1) is 0 Å². The van der Waals surface area contributed by atoms with Gasteiger partial charge >= 0.3 is 0 Å². The zero-order valence-corrected chi connectivity index (χ0v) is 8.22. The molecule has 0 aliphatic heterocycles. The third kappa shape index (κ3) is 2.12. The molecule has 0 atom stereocenters. The van der Waals surface area contributed by atoms with Crippen LogP contribution in [0.1, 0.15) is 0 Å². The van der Waals surface area contributed by atoms with Crippen LogP contribution in [-0.4, -0.2) is 14.1 Å². The molecule has 0 spiro atoms. The number of halogens is 1. The summed E-state index contributed by atoms with van der Waals surface area (Å²) in [6.45, 7) is 0. The van der Waals surface area contributed by atoms with E-state index in [0.29, 0.717) is 0 Å². The number of nitrogens with zero attached hydrogens (tertiary/aromatic N) is 1. The second-order valence-corrected chi connectivity index (χ2v) is 3.55. The third-order valence-corrected chi connectivity index (χ3v) is 1.88. The number of benzene rings is 1. The van der Waals surface area contributed by atoms with Crippen LogP contribution in [0.15, 0.2) is 22.7 Å². The molecule has 2 N–H and O–H groups in total. The van der Waals surface area contributed by atoms with E-state index in [0.717, 1.165) is 15.8 Å². The van der Waals surface area contributed by atoms with Gasteiger partial charge in [-0.15, -0.1) is 0 Å². The fourth-order valence-electron chi connectivity index (χ4n) is 0.854. The van der Waals surface area contributed by atoms with Gasteiger partial charge in [0.2, 0.25) is 0 Å². The molecule has 2 nitrogen and oxygen atoms in total. The summed E-state index contributed by atoms with van der Waals surface area (Å²) in [5.41, 5.74) is 7.53. The summed E-state index contributed by atoms with van der Waals surface area (Å²) in [6, 6.07) is 5.84. The van der Waals surface area contributed by atoms with Crippen LogP contribution in [0.3, 0.4) is 0 Å². The average molecular weight is 215 g/mol. The molecular formula is C8H11BrN2. The molecule has 1 rings (SSSR count). The van der Waals surface area contributed by atoms with Crippen LogP contribution in [0.2, 0.25) is 0 Å². The maximum atomic E-state index is 5.64.